The molecule has 4 aromatic carbocycles. The molecule has 0 unspecified atom stereocenters. The van der Waals surface area contributed by atoms with Crippen molar-refractivity contribution >= 4 is 5.91 Å². The molecule has 0 N–H and O–H groups in total. The van der Waals surface area contributed by atoms with E-state index in [9.17, 15) is 4.79 Å². The molecule has 0 saturated carbocycles. The number of carbonyl (C=O) groups excluding carboxylic acids is 1. The van der Waals surface area contributed by atoms with E-state index in [2.05, 4.69) is 0 Å². The van der Waals surface area contributed by atoms with Gasteiger partial charge in [0.05, 0.1) is 27.8 Å². The lowest BCUT2D eigenvalue weighted by Crippen LogP contribution is -2.33. The monoisotopic (exact) mass is 525 g/mol. The van der Waals surface area contributed by atoms with Crippen molar-refractivity contribution in [1.29, 1.82) is 0 Å². The zero-order valence-electron chi connectivity index (χ0n) is 22.8. The average molecular weight is 526 g/mol. The molecule has 202 valence electrons. The molecule has 0 atom stereocenters. The smallest absolute Gasteiger partial charge is 0.227 e. The highest BCUT2D eigenvalue weighted by Crippen LogP contribution is 2.30. The van der Waals surface area contributed by atoms with Crippen molar-refractivity contribution in [1.82, 2.24) is 4.90 Å². The summed E-state index contributed by atoms with van der Waals surface area (Å²) < 4.78 is 22.5. The van der Waals surface area contributed by atoms with Crippen LogP contribution in [0.25, 0.3) is 0 Å². The van der Waals surface area contributed by atoms with Crippen LogP contribution in [0.1, 0.15) is 22.3 Å². The van der Waals surface area contributed by atoms with E-state index in [0.717, 1.165) is 22.3 Å². The molecule has 0 saturated heterocycles. The third kappa shape index (κ3) is 7.77. The minimum atomic E-state index is 0.0602. The molecule has 0 aliphatic carbocycles. The minimum Gasteiger partial charge on any atom is -0.493 e. The predicted molar refractivity (Wildman–Crippen MR) is 153 cm³/mol. The third-order valence-electron chi connectivity index (χ3n) is 6.51. The maximum Gasteiger partial charge on any atom is 0.227 e. The van der Waals surface area contributed by atoms with Gasteiger partial charge in [0.2, 0.25) is 5.91 Å². The maximum absolute atomic E-state index is 13.5. The Labute approximate surface area is 230 Å². The van der Waals surface area contributed by atoms with Crippen LogP contribution >= 0.6 is 0 Å². The van der Waals surface area contributed by atoms with Crippen LogP contribution < -0.4 is 18.9 Å². The lowest BCUT2D eigenvalue weighted by Gasteiger charge is -2.24. The minimum absolute atomic E-state index is 0.0602. The number of hydrogen-bond acceptors (Lipinski definition) is 5. The summed E-state index contributed by atoms with van der Waals surface area (Å²) in [5.41, 5.74) is 4.09. The predicted octanol–water partition coefficient (Wildman–Crippen LogP) is 6.11. The summed E-state index contributed by atoms with van der Waals surface area (Å²) in [7, 11) is 4.87. The highest BCUT2D eigenvalue weighted by Gasteiger charge is 2.17. The number of benzene rings is 4. The van der Waals surface area contributed by atoms with Gasteiger partial charge in [-0.1, -0.05) is 72.8 Å². The number of carbonyl (C=O) groups is 1. The summed E-state index contributed by atoms with van der Waals surface area (Å²) in [4.78, 5) is 15.4. The van der Waals surface area contributed by atoms with Crippen molar-refractivity contribution in [2.45, 2.75) is 26.0 Å². The summed E-state index contributed by atoms with van der Waals surface area (Å²) in [6, 6.07) is 31.5. The highest BCUT2D eigenvalue weighted by atomic mass is 16.5. The molecular weight excluding hydrogens is 490 g/mol. The second-order valence-corrected chi connectivity index (χ2v) is 9.18. The van der Waals surface area contributed by atoms with Crippen LogP contribution in [-0.4, -0.2) is 38.7 Å². The van der Waals surface area contributed by atoms with Gasteiger partial charge in [0.1, 0.15) is 6.61 Å². The molecule has 0 bridgehead atoms. The molecule has 0 radical (unpaired) electrons. The van der Waals surface area contributed by atoms with Crippen molar-refractivity contribution in [2.75, 3.05) is 27.9 Å². The molecule has 0 heterocycles. The Balaban J connectivity index is 1.50. The molecule has 39 heavy (non-hydrogen) atoms. The molecule has 6 nitrogen and oxygen atoms in total. The Morgan fingerprint density at radius 3 is 1.85 bits per heavy atom. The van der Waals surface area contributed by atoms with E-state index in [-0.39, 0.29) is 5.91 Å². The molecule has 0 fully saturated rings. The van der Waals surface area contributed by atoms with Crippen LogP contribution in [0.2, 0.25) is 0 Å². The van der Waals surface area contributed by atoms with E-state index in [1.165, 1.54) is 0 Å². The van der Waals surface area contributed by atoms with Crippen LogP contribution in [-0.2, 0) is 30.8 Å². The number of nitrogens with zero attached hydrogens (tertiary/aromatic N) is 1. The molecular formula is C33H35NO5. The second kappa shape index (κ2) is 13.9. The van der Waals surface area contributed by atoms with Gasteiger partial charge in [0.25, 0.3) is 0 Å². The molecule has 0 spiro atoms. The quantitative estimate of drug-likeness (QED) is 0.211. The van der Waals surface area contributed by atoms with Crippen LogP contribution in [0.4, 0.5) is 0 Å². The van der Waals surface area contributed by atoms with Crippen molar-refractivity contribution in [3.05, 3.63) is 119 Å². The van der Waals surface area contributed by atoms with Gasteiger partial charge in [-0.05, 0) is 52.9 Å². The summed E-state index contributed by atoms with van der Waals surface area (Å²) in [5, 5.41) is 0. The third-order valence-corrected chi connectivity index (χ3v) is 6.51. The van der Waals surface area contributed by atoms with Crippen LogP contribution in [0.5, 0.6) is 23.0 Å². The Hall–Kier alpha value is -4.45. The SMILES string of the molecule is COc1ccc(CCN(Cc2ccc(OCc3ccccc3)c(OC)c2)C(=O)Cc2ccccc2)cc1OC. The topological polar surface area (TPSA) is 57.2 Å². The summed E-state index contributed by atoms with van der Waals surface area (Å²) in [6.45, 7) is 1.45. The zero-order valence-corrected chi connectivity index (χ0v) is 22.8. The Bertz CT molecular complexity index is 1340. The molecule has 6 heteroatoms. The molecule has 4 rings (SSSR count). The first-order chi connectivity index (χ1) is 19.1. The molecule has 4 aromatic rings. The number of ether oxygens (including phenoxy) is 4. The van der Waals surface area contributed by atoms with Gasteiger partial charge >= 0.3 is 0 Å². The van der Waals surface area contributed by atoms with E-state index in [4.69, 9.17) is 18.9 Å². The van der Waals surface area contributed by atoms with Crippen molar-refractivity contribution < 1.29 is 23.7 Å². The van der Waals surface area contributed by atoms with E-state index >= 15 is 0 Å². The standard InChI is InChI=1S/C33H35NO5/c1-36-29-16-14-26(20-31(29)37-2)18-19-34(33(35)22-25-10-6-4-7-11-25)23-28-15-17-30(32(21-28)38-3)39-24-27-12-8-5-9-13-27/h4-17,20-21H,18-19,22-24H2,1-3H3. The van der Waals surface area contributed by atoms with E-state index < -0.39 is 0 Å². The fraction of sp³-hybridized carbons (Fsp3) is 0.242. The fourth-order valence-electron chi connectivity index (χ4n) is 4.36. The highest BCUT2D eigenvalue weighted by molar-refractivity contribution is 5.78. The Morgan fingerprint density at radius 2 is 1.18 bits per heavy atom. The van der Waals surface area contributed by atoms with E-state index in [1.54, 1.807) is 21.3 Å². The summed E-state index contributed by atoms with van der Waals surface area (Å²) in [5.74, 6) is 2.72. The van der Waals surface area contributed by atoms with Gasteiger partial charge in [0.15, 0.2) is 23.0 Å². The second-order valence-electron chi connectivity index (χ2n) is 9.18. The van der Waals surface area contributed by atoms with Gasteiger partial charge in [0, 0.05) is 13.1 Å². The lowest BCUT2D eigenvalue weighted by atomic mass is 10.1. The number of hydrogen-bond donors (Lipinski definition) is 0. The van der Waals surface area contributed by atoms with Gasteiger partial charge in [-0.25, -0.2) is 0 Å². The largest absolute Gasteiger partial charge is 0.493 e. The first-order valence-electron chi connectivity index (χ1n) is 13.0. The van der Waals surface area contributed by atoms with Gasteiger partial charge in [-0.2, -0.15) is 0 Å². The summed E-state index contributed by atoms with van der Waals surface area (Å²) >= 11 is 0. The first kappa shape index (κ1) is 27.6. The molecule has 0 aliphatic rings. The summed E-state index contributed by atoms with van der Waals surface area (Å²) in [6.07, 6.45) is 1.01. The number of rotatable bonds is 13. The lowest BCUT2D eigenvalue weighted by molar-refractivity contribution is -0.131. The Morgan fingerprint density at radius 1 is 0.615 bits per heavy atom. The van der Waals surface area contributed by atoms with Gasteiger partial charge in [-0.3, -0.25) is 4.79 Å². The molecule has 0 aromatic heterocycles. The van der Waals surface area contributed by atoms with Crippen molar-refractivity contribution in [3.63, 3.8) is 0 Å². The maximum atomic E-state index is 13.5. The van der Waals surface area contributed by atoms with Crippen LogP contribution in [0, 0.1) is 0 Å². The number of methoxy groups -OCH3 is 3. The normalized spacial score (nSPS) is 10.5. The van der Waals surface area contributed by atoms with Crippen molar-refractivity contribution in [2.24, 2.45) is 0 Å². The molecule has 1 amide bonds. The first-order valence-corrected chi connectivity index (χ1v) is 13.0. The van der Waals surface area contributed by atoms with Crippen LogP contribution in [0.15, 0.2) is 97.1 Å². The van der Waals surface area contributed by atoms with Crippen LogP contribution in [0.3, 0.4) is 0 Å². The van der Waals surface area contributed by atoms with Gasteiger partial charge in [-0.15, -0.1) is 0 Å². The van der Waals surface area contributed by atoms with Crippen molar-refractivity contribution in [3.8, 4) is 23.0 Å². The average Bonchev–Trinajstić information content (AvgIpc) is 2.99. The number of amides is 1. The van der Waals surface area contributed by atoms with E-state index in [0.29, 0.717) is 55.5 Å². The fourth-order valence-corrected chi connectivity index (χ4v) is 4.36. The Kier molecular flexibility index (Phi) is 9.84. The van der Waals surface area contributed by atoms with Gasteiger partial charge < -0.3 is 23.8 Å². The van der Waals surface area contributed by atoms with E-state index in [1.807, 2.05) is 102 Å². The zero-order chi connectivity index (χ0) is 27.5. The molecule has 0 aliphatic heterocycles.